The van der Waals surface area contributed by atoms with Crippen LogP contribution in [-0.4, -0.2) is 22.3 Å². The number of benzene rings is 2. The average Bonchev–Trinajstić information content (AvgIpc) is 3.10. The van der Waals surface area contributed by atoms with Crippen molar-refractivity contribution >= 4 is 45.5 Å². The van der Waals surface area contributed by atoms with Crippen molar-refractivity contribution in [3.8, 4) is 5.75 Å². The van der Waals surface area contributed by atoms with Crippen LogP contribution in [0.4, 0.5) is 16.5 Å². The van der Waals surface area contributed by atoms with Crippen LogP contribution >= 0.6 is 23.1 Å². The average molecular weight is 386 g/mol. The largest absolute Gasteiger partial charge is 0.508 e. The lowest BCUT2D eigenvalue weighted by atomic mass is 10.1. The second kappa shape index (κ2) is 7.80. The zero-order valence-electron chi connectivity index (χ0n) is 14.7. The van der Waals surface area contributed by atoms with Crippen LogP contribution in [0.5, 0.6) is 5.75 Å². The fraction of sp³-hybridized carbons (Fsp3) is 0.158. The van der Waals surface area contributed by atoms with Gasteiger partial charge in [-0.1, -0.05) is 23.5 Å². The maximum atomic E-state index is 12.5. The molecule has 0 bridgehead atoms. The summed E-state index contributed by atoms with van der Waals surface area (Å²) in [6, 6.07) is 11.4. The molecule has 0 atom stereocenters. The van der Waals surface area contributed by atoms with Gasteiger partial charge in [0, 0.05) is 16.1 Å². The van der Waals surface area contributed by atoms with E-state index in [0.29, 0.717) is 21.3 Å². The number of thioether (sulfide) groups is 1. The molecule has 0 aliphatic carbocycles. The van der Waals surface area contributed by atoms with E-state index < -0.39 is 0 Å². The van der Waals surface area contributed by atoms with E-state index in [-0.39, 0.29) is 11.7 Å². The minimum atomic E-state index is -0.245. The van der Waals surface area contributed by atoms with E-state index in [2.05, 4.69) is 15.6 Å². The Morgan fingerprint density at radius 1 is 1.23 bits per heavy atom. The second-order valence-corrected chi connectivity index (χ2v) is 7.65. The van der Waals surface area contributed by atoms with Crippen LogP contribution in [0.25, 0.3) is 0 Å². The zero-order valence-corrected chi connectivity index (χ0v) is 16.3. The number of hydrogen-bond donors (Lipinski definition) is 3. The number of carbonyl (C=O) groups is 1. The van der Waals surface area contributed by atoms with Crippen molar-refractivity contribution in [2.45, 2.75) is 18.7 Å². The molecule has 1 heterocycles. The Kier molecular flexibility index (Phi) is 5.49. The Morgan fingerprint density at radius 2 is 2.04 bits per heavy atom. The van der Waals surface area contributed by atoms with E-state index in [4.69, 9.17) is 0 Å². The predicted molar refractivity (Wildman–Crippen MR) is 109 cm³/mol. The minimum absolute atomic E-state index is 0.159. The molecule has 0 saturated carbocycles. The number of carbonyl (C=O) groups excluding carboxylic acids is 1. The molecule has 26 heavy (non-hydrogen) atoms. The Hall–Kier alpha value is -2.51. The van der Waals surface area contributed by atoms with Crippen molar-refractivity contribution in [3.05, 3.63) is 58.6 Å². The van der Waals surface area contributed by atoms with Gasteiger partial charge in [-0.05, 0) is 49.9 Å². The number of phenols is 1. The lowest BCUT2D eigenvalue weighted by Gasteiger charge is -2.11. The molecule has 7 heteroatoms. The van der Waals surface area contributed by atoms with E-state index in [1.54, 1.807) is 37.0 Å². The minimum Gasteiger partial charge on any atom is -0.508 e. The molecule has 3 N–H and O–H groups in total. The first kappa shape index (κ1) is 18.3. The quantitative estimate of drug-likeness (QED) is 0.528. The van der Waals surface area contributed by atoms with Crippen molar-refractivity contribution in [1.29, 1.82) is 0 Å². The first-order valence-electron chi connectivity index (χ1n) is 7.95. The van der Waals surface area contributed by atoms with Gasteiger partial charge in [-0.15, -0.1) is 11.8 Å². The van der Waals surface area contributed by atoms with Gasteiger partial charge in [0.15, 0.2) is 5.13 Å². The number of aryl methyl sites for hydroxylation is 1. The molecule has 134 valence electrons. The molecule has 0 fully saturated rings. The van der Waals surface area contributed by atoms with Gasteiger partial charge < -0.3 is 15.7 Å². The third kappa shape index (κ3) is 4.00. The van der Waals surface area contributed by atoms with Crippen LogP contribution in [0.15, 0.2) is 47.5 Å². The van der Waals surface area contributed by atoms with Crippen LogP contribution in [0.2, 0.25) is 0 Å². The summed E-state index contributed by atoms with van der Waals surface area (Å²) in [6.45, 7) is 3.66. The van der Waals surface area contributed by atoms with Gasteiger partial charge >= 0.3 is 0 Å². The summed E-state index contributed by atoms with van der Waals surface area (Å²) in [5, 5.41) is 16.6. The highest BCUT2D eigenvalue weighted by Gasteiger charge is 2.15. The number of phenolic OH excluding ortho intramolecular Hbond substituents is 1. The van der Waals surface area contributed by atoms with E-state index in [9.17, 15) is 9.90 Å². The highest BCUT2D eigenvalue weighted by atomic mass is 32.2. The summed E-state index contributed by atoms with van der Waals surface area (Å²) in [7, 11) is 0. The molecule has 0 unspecified atom stereocenters. The van der Waals surface area contributed by atoms with E-state index in [0.717, 1.165) is 16.1 Å². The van der Waals surface area contributed by atoms with Crippen molar-refractivity contribution in [2.75, 3.05) is 16.9 Å². The number of aromatic nitrogens is 1. The third-order valence-corrected chi connectivity index (χ3v) is 5.57. The Morgan fingerprint density at radius 3 is 2.81 bits per heavy atom. The summed E-state index contributed by atoms with van der Waals surface area (Å²) >= 11 is 2.95. The predicted octanol–water partition coefficient (Wildman–Crippen LogP) is 5.18. The first-order chi connectivity index (χ1) is 12.5. The lowest BCUT2D eigenvalue weighted by Crippen LogP contribution is -2.12. The number of aromatic hydroxyl groups is 1. The molecule has 3 rings (SSSR count). The van der Waals surface area contributed by atoms with Gasteiger partial charge in [0.2, 0.25) is 0 Å². The van der Waals surface area contributed by atoms with Crippen LogP contribution in [0.3, 0.4) is 0 Å². The maximum absolute atomic E-state index is 12.5. The molecule has 0 radical (unpaired) electrons. The van der Waals surface area contributed by atoms with Crippen LogP contribution in [0.1, 0.15) is 20.8 Å². The Labute approximate surface area is 160 Å². The van der Waals surface area contributed by atoms with Gasteiger partial charge in [-0.3, -0.25) is 4.79 Å². The smallest absolute Gasteiger partial charge is 0.267 e. The van der Waals surface area contributed by atoms with Crippen molar-refractivity contribution < 1.29 is 9.90 Å². The van der Waals surface area contributed by atoms with Gasteiger partial charge in [-0.2, -0.15) is 0 Å². The fourth-order valence-electron chi connectivity index (χ4n) is 2.46. The molecule has 2 aromatic carbocycles. The van der Waals surface area contributed by atoms with Crippen molar-refractivity contribution in [1.82, 2.24) is 4.98 Å². The number of rotatable bonds is 5. The Balaban J connectivity index is 1.75. The SMILES string of the molecule is CSc1cccc(Nc2ncc(C(=O)Nc3c(C)ccc(O)c3C)s2)c1. The molecular weight excluding hydrogens is 366 g/mol. The van der Waals surface area contributed by atoms with Gasteiger partial charge in [0.25, 0.3) is 5.91 Å². The van der Waals surface area contributed by atoms with Crippen molar-refractivity contribution in [3.63, 3.8) is 0 Å². The fourth-order valence-corrected chi connectivity index (χ4v) is 3.66. The molecule has 0 aliphatic heterocycles. The second-order valence-electron chi connectivity index (χ2n) is 5.74. The summed E-state index contributed by atoms with van der Waals surface area (Å²) in [4.78, 5) is 18.5. The Bertz CT molecular complexity index is 954. The molecule has 1 amide bonds. The molecule has 0 aliphatic rings. The van der Waals surface area contributed by atoms with E-state index in [1.807, 2.05) is 37.4 Å². The van der Waals surface area contributed by atoms with Crippen molar-refractivity contribution in [2.24, 2.45) is 0 Å². The monoisotopic (exact) mass is 385 g/mol. The number of amides is 1. The van der Waals surface area contributed by atoms with Gasteiger partial charge in [0.1, 0.15) is 10.6 Å². The molecule has 0 saturated heterocycles. The standard InChI is InChI=1S/C19H19N3O2S2/c1-11-7-8-15(23)12(2)17(11)22-18(24)16-10-20-19(26-16)21-13-5-4-6-14(9-13)25-3/h4-10,23H,1-3H3,(H,20,21)(H,22,24). The number of hydrogen-bond acceptors (Lipinski definition) is 6. The summed E-state index contributed by atoms with van der Waals surface area (Å²) in [5.41, 5.74) is 3.10. The lowest BCUT2D eigenvalue weighted by molar-refractivity contribution is 0.103. The highest BCUT2D eigenvalue weighted by molar-refractivity contribution is 7.98. The number of nitrogens with one attached hydrogen (secondary N) is 2. The maximum Gasteiger partial charge on any atom is 0.267 e. The third-order valence-electron chi connectivity index (χ3n) is 3.93. The zero-order chi connectivity index (χ0) is 18.7. The summed E-state index contributed by atoms with van der Waals surface area (Å²) in [6.07, 6.45) is 3.57. The topological polar surface area (TPSA) is 74.2 Å². The normalized spacial score (nSPS) is 10.6. The molecular formula is C19H19N3O2S2. The molecule has 5 nitrogen and oxygen atoms in total. The molecule has 0 spiro atoms. The summed E-state index contributed by atoms with van der Waals surface area (Å²) < 4.78 is 0. The van der Waals surface area contributed by atoms with E-state index in [1.165, 1.54) is 11.3 Å². The molecule has 3 aromatic rings. The highest BCUT2D eigenvalue weighted by Crippen LogP contribution is 2.30. The number of anilines is 3. The van der Waals surface area contributed by atoms with Gasteiger partial charge in [0.05, 0.1) is 11.9 Å². The molecule has 1 aromatic heterocycles. The number of nitrogens with zero attached hydrogens (tertiary/aromatic N) is 1. The van der Waals surface area contributed by atoms with Crippen LogP contribution in [-0.2, 0) is 0 Å². The van der Waals surface area contributed by atoms with Gasteiger partial charge in [-0.25, -0.2) is 4.98 Å². The van der Waals surface area contributed by atoms with Crippen LogP contribution < -0.4 is 10.6 Å². The number of thiazole rings is 1. The first-order valence-corrected chi connectivity index (χ1v) is 9.99. The summed E-state index contributed by atoms with van der Waals surface area (Å²) in [5.74, 6) is -0.0866. The van der Waals surface area contributed by atoms with Crippen LogP contribution in [0, 0.1) is 13.8 Å². The van der Waals surface area contributed by atoms with E-state index >= 15 is 0 Å².